The Hall–Kier alpha value is -2.56. The van der Waals surface area contributed by atoms with Crippen LogP contribution in [-0.2, 0) is 9.59 Å². The second-order valence-corrected chi connectivity index (χ2v) is 7.70. The number of benzene rings is 1. The topological polar surface area (TPSA) is 111 Å². The molecule has 3 heterocycles. The fourth-order valence-electron chi connectivity index (χ4n) is 4.09. The Bertz CT molecular complexity index is 906. The van der Waals surface area contributed by atoms with Crippen molar-refractivity contribution >= 4 is 41.7 Å². The summed E-state index contributed by atoms with van der Waals surface area (Å²) < 4.78 is 14.5. The number of carbonyl (C=O) groups excluding carboxylic acids is 4. The number of halogens is 2. The van der Waals surface area contributed by atoms with E-state index in [4.69, 9.17) is 0 Å². The van der Waals surface area contributed by atoms with E-state index in [0.717, 1.165) is 50.1 Å². The van der Waals surface area contributed by atoms with E-state index in [9.17, 15) is 23.6 Å². The van der Waals surface area contributed by atoms with Gasteiger partial charge in [-0.2, -0.15) is 0 Å². The predicted molar refractivity (Wildman–Crippen MR) is 113 cm³/mol. The lowest BCUT2D eigenvalue weighted by molar-refractivity contribution is -0.136. The van der Waals surface area contributed by atoms with Crippen LogP contribution in [0.3, 0.4) is 0 Å². The first kappa shape index (κ1) is 23.1. The monoisotopic (exact) mass is 453 g/mol. The number of hydrogen-bond acceptors (Lipinski definition) is 7. The van der Waals surface area contributed by atoms with Crippen molar-refractivity contribution < 1.29 is 23.6 Å². The summed E-state index contributed by atoms with van der Waals surface area (Å²) in [6, 6.07) is 1.32. The van der Waals surface area contributed by atoms with Gasteiger partial charge in [-0.3, -0.25) is 29.4 Å². The molecule has 3 aliphatic rings. The molecule has 0 saturated carbocycles. The zero-order valence-corrected chi connectivity index (χ0v) is 17.7. The van der Waals surface area contributed by atoms with Crippen LogP contribution < -0.4 is 16.0 Å². The molecule has 3 N–H and O–H groups in total. The van der Waals surface area contributed by atoms with E-state index >= 15 is 0 Å². The first-order chi connectivity index (χ1) is 14.5. The molecule has 1 unspecified atom stereocenters. The number of amides is 4. The molecular weight excluding hydrogens is 429 g/mol. The van der Waals surface area contributed by atoms with E-state index < -0.39 is 35.5 Å². The normalized spacial score (nSPS) is 21.6. The Morgan fingerprint density at radius 2 is 1.74 bits per heavy atom. The Morgan fingerprint density at radius 3 is 2.42 bits per heavy atom. The zero-order valence-electron chi connectivity index (χ0n) is 16.9. The van der Waals surface area contributed by atoms with Crippen LogP contribution >= 0.6 is 12.4 Å². The van der Waals surface area contributed by atoms with Crippen LogP contribution in [0, 0.1) is 5.82 Å². The highest BCUT2D eigenvalue weighted by molar-refractivity contribution is 6.23. The number of imide groups is 2. The minimum Gasteiger partial charge on any atom is -0.383 e. The first-order valence-electron chi connectivity index (χ1n) is 10.2. The number of nitrogens with zero attached hydrogens (tertiary/aromatic N) is 2. The third-order valence-electron chi connectivity index (χ3n) is 5.70. The highest BCUT2D eigenvalue weighted by atomic mass is 35.5. The first-order valence-corrected chi connectivity index (χ1v) is 10.2. The highest BCUT2D eigenvalue weighted by Crippen LogP contribution is 2.31. The van der Waals surface area contributed by atoms with Crippen molar-refractivity contribution in [3.05, 3.63) is 29.1 Å². The maximum absolute atomic E-state index is 14.5. The predicted octanol–water partition coefficient (Wildman–Crippen LogP) is 0.356. The third kappa shape index (κ3) is 4.70. The molecule has 2 saturated heterocycles. The molecule has 31 heavy (non-hydrogen) atoms. The van der Waals surface area contributed by atoms with Crippen molar-refractivity contribution in [3.8, 4) is 0 Å². The largest absolute Gasteiger partial charge is 0.383 e. The maximum Gasteiger partial charge on any atom is 0.262 e. The van der Waals surface area contributed by atoms with Gasteiger partial charge in [0.15, 0.2) is 0 Å². The van der Waals surface area contributed by atoms with Crippen molar-refractivity contribution in [1.82, 2.24) is 20.4 Å². The summed E-state index contributed by atoms with van der Waals surface area (Å²) in [6.45, 7) is 5.32. The second-order valence-electron chi connectivity index (χ2n) is 7.70. The van der Waals surface area contributed by atoms with Gasteiger partial charge in [0.1, 0.15) is 11.9 Å². The molecule has 1 aromatic carbocycles. The third-order valence-corrected chi connectivity index (χ3v) is 5.70. The maximum atomic E-state index is 14.5. The van der Waals surface area contributed by atoms with Gasteiger partial charge >= 0.3 is 0 Å². The molecule has 4 rings (SSSR count). The number of hydrogen-bond donors (Lipinski definition) is 3. The molecule has 9 nitrogen and oxygen atoms in total. The number of piperidine rings is 1. The van der Waals surface area contributed by atoms with Crippen LogP contribution in [0.5, 0.6) is 0 Å². The standard InChI is InChI=1S/C20H24FN5O4.ClH/c21-14-10-12-13(11-15(14)23-4-1-7-25-8-5-22-6-9-25)20(30)26(19(12)29)16-2-3-17(27)24-18(16)28;/h10-11,16,22-23H,1-9H2,(H,24,27,28);1H. The van der Waals surface area contributed by atoms with Crippen LogP contribution in [0.1, 0.15) is 40.0 Å². The van der Waals surface area contributed by atoms with Gasteiger partial charge in [0.05, 0.1) is 16.8 Å². The summed E-state index contributed by atoms with van der Waals surface area (Å²) in [5, 5.41) is 8.43. The summed E-state index contributed by atoms with van der Waals surface area (Å²) in [7, 11) is 0. The Labute approximate surface area is 185 Å². The molecule has 0 spiro atoms. The molecule has 1 atom stereocenters. The van der Waals surface area contributed by atoms with Gasteiger partial charge in [-0.25, -0.2) is 4.39 Å². The SMILES string of the molecule is Cl.O=C1CCC(N2C(=O)c3cc(F)c(NCCCN4CCNCC4)cc3C2=O)C(=O)N1. The molecule has 0 radical (unpaired) electrons. The van der Waals surface area contributed by atoms with E-state index in [1.165, 1.54) is 6.07 Å². The Morgan fingerprint density at radius 1 is 1.06 bits per heavy atom. The number of carbonyl (C=O) groups is 4. The number of fused-ring (bicyclic) bond motifs is 1. The summed E-state index contributed by atoms with van der Waals surface area (Å²) in [6.07, 6.45) is 0.916. The van der Waals surface area contributed by atoms with E-state index in [-0.39, 0.29) is 42.1 Å². The van der Waals surface area contributed by atoms with E-state index in [0.29, 0.717) is 6.54 Å². The van der Waals surface area contributed by atoms with Crippen LogP contribution in [0.25, 0.3) is 0 Å². The Balaban J connectivity index is 0.00000272. The van der Waals surface area contributed by atoms with Crippen LogP contribution in [0.2, 0.25) is 0 Å². The molecule has 2 fully saturated rings. The summed E-state index contributed by atoms with van der Waals surface area (Å²) >= 11 is 0. The molecule has 1 aromatic rings. The van der Waals surface area contributed by atoms with Crippen molar-refractivity contribution in [1.29, 1.82) is 0 Å². The van der Waals surface area contributed by atoms with Gasteiger partial charge in [-0.1, -0.05) is 0 Å². The van der Waals surface area contributed by atoms with E-state index in [1.807, 2.05) is 0 Å². The lowest BCUT2D eigenvalue weighted by Gasteiger charge is -2.27. The van der Waals surface area contributed by atoms with E-state index in [2.05, 4.69) is 20.9 Å². The number of anilines is 1. The van der Waals surface area contributed by atoms with Crippen molar-refractivity contribution in [2.75, 3.05) is 44.6 Å². The average molecular weight is 454 g/mol. The van der Waals surface area contributed by atoms with Gasteiger partial charge in [0.2, 0.25) is 11.8 Å². The molecule has 0 bridgehead atoms. The number of rotatable bonds is 6. The molecule has 0 aromatic heterocycles. The lowest BCUT2D eigenvalue weighted by Crippen LogP contribution is -2.54. The fourth-order valence-corrected chi connectivity index (χ4v) is 4.09. The van der Waals surface area contributed by atoms with E-state index in [1.54, 1.807) is 0 Å². The number of nitrogens with one attached hydrogen (secondary N) is 3. The lowest BCUT2D eigenvalue weighted by atomic mass is 10.0. The molecular formula is C20H25ClFN5O4. The summed E-state index contributed by atoms with van der Waals surface area (Å²) in [4.78, 5) is 52.1. The van der Waals surface area contributed by atoms with Crippen molar-refractivity contribution in [2.24, 2.45) is 0 Å². The van der Waals surface area contributed by atoms with Gasteiger partial charge < -0.3 is 15.5 Å². The van der Waals surface area contributed by atoms with Crippen molar-refractivity contribution in [2.45, 2.75) is 25.3 Å². The minimum atomic E-state index is -1.06. The second kappa shape index (κ2) is 9.71. The van der Waals surface area contributed by atoms with Crippen molar-refractivity contribution in [3.63, 3.8) is 0 Å². The average Bonchev–Trinajstić information content (AvgIpc) is 2.96. The smallest absolute Gasteiger partial charge is 0.262 e. The van der Waals surface area contributed by atoms with Crippen LogP contribution in [0.4, 0.5) is 10.1 Å². The van der Waals surface area contributed by atoms with Gasteiger partial charge in [0.25, 0.3) is 11.8 Å². The fraction of sp³-hybridized carbons (Fsp3) is 0.500. The molecule has 168 valence electrons. The molecule has 4 amide bonds. The highest BCUT2D eigenvalue weighted by Gasteiger charge is 2.45. The zero-order chi connectivity index (χ0) is 21.3. The quantitative estimate of drug-likeness (QED) is 0.421. The summed E-state index contributed by atoms with van der Waals surface area (Å²) in [5.41, 5.74) is 0.157. The van der Waals surface area contributed by atoms with Gasteiger partial charge in [0, 0.05) is 39.1 Å². The molecule has 3 aliphatic heterocycles. The number of piperazine rings is 1. The molecule has 0 aliphatic carbocycles. The molecule has 11 heteroatoms. The minimum absolute atomic E-state index is 0. The summed E-state index contributed by atoms with van der Waals surface area (Å²) in [5.74, 6) is -3.11. The van der Waals surface area contributed by atoms with Gasteiger partial charge in [-0.15, -0.1) is 12.4 Å². The Kier molecular flexibility index (Phi) is 7.24. The van der Waals surface area contributed by atoms with Gasteiger partial charge in [-0.05, 0) is 31.5 Å². The van der Waals surface area contributed by atoms with Crippen LogP contribution in [0.15, 0.2) is 12.1 Å². The van der Waals surface area contributed by atoms with Crippen LogP contribution in [-0.4, -0.2) is 78.7 Å².